The topological polar surface area (TPSA) is 46.0 Å². The smallest absolute Gasteiger partial charge is 0.128 e. The molecule has 0 spiro atoms. The van der Waals surface area contributed by atoms with Crippen LogP contribution in [0.1, 0.15) is 90.1 Å². The molecule has 2 aromatic heterocycles. The fourth-order valence-corrected chi connectivity index (χ4v) is 8.04. The van der Waals surface area contributed by atoms with Crippen LogP contribution in [0.3, 0.4) is 0 Å². The van der Waals surface area contributed by atoms with E-state index in [0.29, 0.717) is 11.3 Å². The maximum Gasteiger partial charge on any atom is 0.128 e. The SMILES string of the molecule is CC(C)(C)c1cc(-c2cc(-c3[c-]c(-c4cc(-c5ccc(Cc6ccccc6)cc5)ccn4)cc(-c4ccccc4)c3)nc(-c3cccc(C(C)(C)C)c3O)c2)cc(C(C)(C)C)c1.[Pt]. The van der Waals surface area contributed by atoms with Gasteiger partial charge in [-0.15, -0.1) is 18.2 Å². The summed E-state index contributed by atoms with van der Waals surface area (Å²) in [5.41, 5.74) is 16.8. The Hall–Kier alpha value is -5.89. The van der Waals surface area contributed by atoms with Gasteiger partial charge in [0.15, 0.2) is 0 Å². The van der Waals surface area contributed by atoms with Gasteiger partial charge >= 0.3 is 0 Å². The molecule has 6 aromatic carbocycles. The van der Waals surface area contributed by atoms with Gasteiger partial charge in [0, 0.05) is 44.2 Å². The molecule has 4 heteroatoms. The van der Waals surface area contributed by atoms with E-state index < -0.39 is 0 Å². The van der Waals surface area contributed by atoms with Crippen LogP contribution in [0.4, 0.5) is 0 Å². The molecule has 0 aliphatic carbocycles. The van der Waals surface area contributed by atoms with E-state index in [1.165, 1.54) is 22.3 Å². The van der Waals surface area contributed by atoms with Crippen LogP contribution in [0.25, 0.3) is 67.2 Å². The van der Waals surface area contributed by atoms with Gasteiger partial charge in [-0.05, 0) is 96.5 Å². The molecule has 1 N–H and O–H groups in total. The summed E-state index contributed by atoms with van der Waals surface area (Å²) in [5, 5.41) is 11.9. The van der Waals surface area contributed by atoms with Crippen molar-refractivity contribution >= 4 is 0 Å². The summed E-state index contributed by atoms with van der Waals surface area (Å²) in [4.78, 5) is 10.3. The van der Waals surface area contributed by atoms with Gasteiger partial charge in [0.05, 0.1) is 5.69 Å². The summed E-state index contributed by atoms with van der Waals surface area (Å²) < 4.78 is 0. The van der Waals surface area contributed by atoms with Crippen LogP contribution in [-0.4, -0.2) is 15.1 Å². The van der Waals surface area contributed by atoms with Gasteiger partial charge in [-0.25, -0.2) is 0 Å². The zero-order valence-corrected chi connectivity index (χ0v) is 40.2. The number of hydrogen-bond acceptors (Lipinski definition) is 3. The van der Waals surface area contributed by atoms with Gasteiger partial charge < -0.3 is 5.11 Å². The van der Waals surface area contributed by atoms with Crippen molar-refractivity contribution in [2.24, 2.45) is 0 Å². The zero-order chi connectivity index (χ0) is 43.8. The Labute approximate surface area is 389 Å². The predicted octanol–water partition coefficient (Wildman–Crippen LogP) is 15.5. The van der Waals surface area contributed by atoms with Gasteiger partial charge in [-0.1, -0.05) is 206 Å². The van der Waals surface area contributed by atoms with Gasteiger partial charge in [0.2, 0.25) is 0 Å². The van der Waals surface area contributed by atoms with Gasteiger partial charge in [0.1, 0.15) is 5.75 Å². The molecule has 3 nitrogen and oxygen atoms in total. The van der Waals surface area contributed by atoms with E-state index in [4.69, 9.17) is 9.97 Å². The molecule has 0 saturated heterocycles. The number of pyridine rings is 2. The molecular formula is C59H57N2OPt-. The molecule has 2 heterocycles. The zero-order valence-electron chi connectivity index (χ0n) is 38.0. The van der Waals surface area contributed by atoms with E-state index in [0.717, 1.165) is 67.9 Å². The molecule has 0 fully saturated rings. The van der Waals surface area contributed by atoms with E-state index in [-0.39, 0.29) is 43.1 Å². The third kappa shape index (κ3) is 10.3. The van der Waals surface area contributed by atoms with E-state index in [1.807, 2.05) is 30.5 Å². The van der Waals surface area contributed by atoms with E-state index in [1.54, 1.807) is 0 Å². The average molecular weight is 1010 g/mol. The maximum absolute atomic E-state index is 11.9. The Morgan fingerprint density at radius 3 is 1.59 bits per heavy atom. The van der Waals surface area contributed by atoms with Crippen LogP contribution in [0.2, 0.25) is 0 Å². The second kappa shape index (κ2) is 18.1. The molecule has 0 amide bonds. The minimum atomic E-state index is -0.262. The van der Waals surface area contributed by atoms with Gasteiger partial charge in [0.25, 0.3) is 0 Å². The first-order valence-electron chi connectivity index (χ1n) is 21.7. The summed E-state index contributed by atoms with van der Waals surface area (Å²) in [6, 6.07) is 59.6. The van der Waals surface area contributed by atoms with E-state index in [2.05, 4.69) is 202 Å². The molecular weight excluding hydrogens is 948 g/mol. The fraction of sp³-hybridized carbons (Fsp3) is 0.220. The molecule has 0 radical (unpaired) electrons. The van der Waals surface area contributed by atoms with E-state index in [9.17, 15) is 5.11 Å². The van der Waals surface area contributed by atoms with Crippen LogP contribution in [0.15, 0.2) is 164 Å². The predicted molar refractivity (Wildman–Crippen MR) is 260 cm³/mol. The molecule has 0 aliphatic heterocycles. The average Bonchev–Trinajstić information content (AvgIpc) is 3.26. The van der Waals surface area contributed by atoms with Gasteiger partial charge in [-0.3, -0.25) is 9.97 Å². The minimum Gasteiger partial charge on any atom is -0.507 e. The Bertz CT molecular complexity index is 2830. The molecule has 0 aliphatic rings. The number of rotatable bonds is 8. The molecule has 0 atom stereocenters. The molecule has 320 valence electrons. The summed E-state index contributed by atoms with van der Waals surface area (Å²) >= 11 is 0. The fourth-order valence-electron chi connectivity index (χ4n) is 8.04. The Morgan fingerprint density at radius 2 is 0.968 bits per heavy atom. The van der Waals surface area contributed by atoms with Crippen molar-refractivity contribution in [3.8, 4) is 72.9 Å². The number of phenols is 1. The Balaban J connectivity index is 0.00000595. The molecule has 0 saturated carbocycles. The molecule has 63 heavy (non-hydrogen) atoms. The van der Waals surface area contributed by atoms with Crippen molar-refractivity contribution in [3.05, 3.63) is 198 Å². The van der Waals surface area contributed by atoms with E-state index >= 15 is 0 Å². The normalized spacial score (nSPS) is 11.9. The Morgan fingerprint density at radius 1 is 0.444 bits per heavy atom. The number of para-hydroxylation sites is 1. The third-order valence-corrected chi connectivity index (χ3v) is 11.8. The van der Waals surface area contributed by atoms with Crippen LogP contribution in [-0.2, 0) is 43.7 Å². The number of nitrogens with zero attached hydrogens (tertiary/aromatic N) is 2. The maximum atomic E-state index is 11.9. The second-order valence-electron chi connectivity index (χ2n) is 19.7. The summed E-state index contributed by atoms with van der Waals surface area (Å²) in [5.74, 6) is 0.256. The summed E-state index contributed by atoms with van der Waals surface area (Å²) in [7, 11) is 0. The van der Waals surface area contributed by atoms with Crippen LogP contribution < -0.4 is 0 Å². The van der Waals surface area contributed by atoms with Crippen molar-refractivity contribution in [2.75, 3.05) is 0 Å². The summed E-state index contributed by atoms with van der Waals surface area (Å²) in [6.07, 6.45) is 2.79. The standard InChI is InChI=1S/C59H57N2O.Pt/c1-57(2,3)49-33-45(34-50(38-49)58(4,5)6)46-36-54(61-55(37-46)51-21-16-22-52(56(51)62)59(7,8)9)48-31-44(41-19-14-11-15-20-41)30-47(32-48)53-35-43(27-28-60-53)42-25-23-40(24-26-42)29-39-17-12-10-13-18-39;/h10-28,30-31,33-38,62H,29H2,1-9H3;/q-1;. The third-order valence-electron chi connectivity index (χ3n) is 11.8. The number of aromatic nitrogens is 2. The number of hydrogen-bond donors (Lipinski definition) is 1. The quantitative estimate of drug-likeness (QED) is 0.154. The molecule has 0 unspecified atom stereocenters. The number of aromatic hydroxyl groups is 1. The summed E-state index contributed by atoms with van der Waals surface area (Å²) in [6.45, 7) is 20.0. The van der Waals surface area contributed by atoms with Crippen LogP contribution in [0.5, 0.6) is 5.75 Å². The first-order chi connectivity index (χ1) is 29.5. The molecule has 8 aromatic rings. The number of benzene rings is 6. The van der Waals surface area contributed by atoms with Crippen molar-refractivity contribution in [3.63, 3.8) is 0 Å². The van der Waals surface area contributed by atoms with Gasteiger partial charge in [-0.2, -0.15) is 0 Å². The molecule has 0 bridgehead atoms. The van der Waals surface area contributed by atoms with Crippen LogP contribution >= 0.6 is 0 Å². The van der Waals surface area contributed by atoms with Crippen LogP contribution in [0, 0.1) is 6.07 Å². The minimum absolute atomic E-state index is 0. The monoisotopic (exact) mass is 1000 g/mol. The van der Waals surface area contributed by atoms with Crippen molar-refractivity contribution in [2.45, 2.75) is 85.0 Å². The molecule has 8 rings (SSSR count). The first kappa shape index (κ1) is 45.1. The second-order valence-corrected chi connectivity index (χ2v) is 19.7. The Kier molecular flexibility index (Phi) is 12.9. The number of phenolic OH excluding ortho intramolecular Hbond substituents is 1. The van der Waals surface area contributed by atoms with Crippen molar-refractivity contribution < 1.29 is 26.2 Å². The largest absolute Gasteiger partial charge is 0.507 e. The van der Waals surface area contributed by atoms with Crippen molar-refractivity contribution in [1.82, 2.24) is 9.97 Å². The first-order valence-corrected chi connectivity index (χ1v) is 21.7. The van der Waals surface area contributed by atoms with Crippen molar-refractivity contribution in [1.29, 1.82) is 0 Å².